The van der Waals surface area contributed by atoms with E-state index in [4.69, 9.17) is 9.97 Å². The van der Waals surface area contributed by atoms with Crippen LogP contribution in [0.15, 0.2) is 212 Å². The SMILES string of the molecule is CC1(c2ccccc2)c2ccccc2-c2c(-c3cc(-c4ccc(-c5ccc6cc(-c7cccc8c7sc7ccccc78)ccc6c5)cc4)nc(-c4ccccc4)n3)cccc21. The van der Waals surface area contributed by atoms with Crippen LogP contribution >= 0.6 is 11.3 Å². The number of benzene rings is 9. The first-order valence-corrected chi connectivity index (χ1v) is 21.7. The number of fused-ring (bicyclic) bond motifs is 7. The van der Waals surface area contributed by atoms with E-state index in [9.17, 15) is 0 Å². The van der Waals surface area contributed by atoms with Gasteiger partial charge >= 0.3 is 0 Å². The predicted molar refractivity (Wildman–Crippen MR) is 257 cm³/mol. The van der Waals surface area contributed by atoms with Crippen LogP contribution in [0.25, 0.3) is 98.2 Å². The van der Waals surface area contributed by atoms with Gasteiger partial charge in [-0.05, 0) is 92.0 Å². The molecule has 2 heterocycles. The van der Waals surface area contributed by atoms with Crippen LogP contribution in [0.4, 0.5) is 0 Å². The standard InChI is InChI=1S/C58H38N2S/c1-58(44-16-6-3-7-17-44)50-23-10-8-19-48(50)55-49(22-13-24-51(55)58)53-36-52(59-57(60-53)39-14-4-2-5-15-39)38-28-26-37(27-29-38)40-30-31-42-35-43(33-32-41(42)34-40)45-20-12-21-47-46-18-9-11-25-54(46)61-56(45)47/h2-36H,1H3. The highest BCUT2D eigenvalue weighted by molar-refractivity contribution is 7.26. The van der Waals surface area contributed by atoms with E-state index in [2.05, 4.69) is 213 Å². The lowest BCUT2D eigenvalue weighted by Gasteiger charge is -2.28. The van der Waals surface area contributed by atoms with E-state index in [1.54, 1.807) is 0 Å². The monoisotopic (exact) mass is 794 g/mol. The molecular weight excluding hydrogens is 757 g/mol. The maximum atomic E-state index is 5.30. The highest BCUT2D eigenvalue weighted by Crippen LogP contribution is 2.55. The van der Waals surface area contributed by atoms with Crippen LogP contribution in [0.2, 0.25) is 0 Å². The van der Waals surface area contributed by atoms with Crippen molar-refractivity contribution in [1.29, 1.82) is 0 Å². The average molecular weight is 795 g/mol. The van der Waals surface area contributed by atoms with E-state index < -0.39 is 0 Å². The van der Waals surface area contributed by atoms with Gasteiger partial charge in [0.25, 0.3) is 0 Å². The largest absolute Gasteiger partial charge is 0.228 e. The van der Waals surface area contributed by atoms with Crippen molar-refractivity contribution in [3.05, 3.63) is 229 Å². The Morgan fingerprint density at radius 3 is 1.82 bits per heavy atom. The maximum Gasteiger partial charge on any atom is 0.160 e. The fourth-order valence-corrected chi connectivity index (χ4v) is 10.9. The van der Waals surface area contributed by atoms with Gasteiger partial charge in [0.05, 0.1) is 11.4 Å². The van der Waals surface area contributed by atoms with E-state index in [1.165, 1.54) is 81.0 Å². The van der Waals surface area contributed by atoms with Crippen LogP contribution in [0, 0.1) is 0 Å². The fraction of sp³-hybridized carbons (Fsp3) is 0.0345. The average Bonchev–Trinajstić information content (AvgIpc) is 3.85. The van der Waals surface area contributed by atoms with Gasteiger partial charge in [-0.3, -0.25) is 0 Å². The second-order valence-electron chi connectivity index (χ2n) is 16.2. The zero-order chi connectivity index (χ0) is 40.5. The lowest BCUT2D eigenvalue weighted by Crippen LogP contribution is -2.22. The van der Waals surface area contributed by atoms with Gasteiger partial charge in [0.1, 0.15) is 0 Å². The van der Waals surface area contributed by atoms with E-state index in [-0.39, 0.29) is 5.41 Å². The molecule has 0 fully saturated rings. The molecule has 2 nitrogen and oxygen atoms in total. The zero-order valence-corrected chi connectivity index (χ0v) is 34.3. The second kappa shape index (κ2) is 14.1. The summed E-state index contributed by atoms with van der Waals surface area (Å²) >= 11 is 1.88. The van der Waals surface area contributed by atoms with Crippen LogP contribution < -0.4 is 0 Å². The molecule has 12 rings (SSSR count). The van der Waals surface area contributed by atoms with Gasteiger partial charge in [0.2, 0.25) is 0 Å². The molecule has 1 aliphatic rings. The van der Waals surface area contributed by atoms with Crippen molar-refractivity contribution in [3.63, 3.8) is 0 Å². The summed E-state index contributed by atoms with van der Waals surface area (Å²) in [6.45, 7) is 2.36. The molecular formula is C58H38N2S. The molecule has 0 radical (unpaired) electrons. The van der Waals surface area contributed by atoms with Crippen LogP contribution in [0.5, 0.6) is 0 Å². The molecule has 286 valence electrons. The van der Waals surface area contributed by atoms with E-state index in [1.807, 2.05) is 17.4 Å². The highest BCUT2D eigenvalue weighted by Gasteiger charge is 2.41. The van der Waals surface area contributed by atoms with Crippen LogP contribution in [-0.2, 0) is 5.41 Å². The van der Waals surface area contributed by atoms with Gasteiger partial charge in [0, 0.05) is 42.3 Å². The number of hydrogen-bond donors (Lipinski definition) is 0. The van der Waals surface area contributed by atoms with Gasteiger partial charge in [-0.25, -0.2) is 9.97 Å². The third kappa shape index (κ3) is 5.77. The van der Waals surface area contributed by atoms with E-state index in [0.29, 0.717) is 5.82 Å². The smallest absolute Gasteiger partial charge is 0.160 e. The first kappa shape index (κ1) is 35.5. The molecule has 61 heavy (non-hydrogen) atoms. The topological polar surface area (TPSA) is 25.8 Å². The summed E-state index contributed by atoms with van der Waals surface area (Å²) in [6.07, 6.45) is 0. The van der Waals surface area contributed by atoms with E-state index in [0.717, 1.165) is 28.1 Å². The highest BCUT2D eigenvalue weighted by atomic mass is 32.1. The van der Waals surface area contributed by atoms with Crippen molar-refractivity contribution in [2.45, 2.75) is 12.3 Å². The van der Waals surface area contributed by atoms with Crippen molar-refractivity contribution < 1.29 is 0 Å². The molecule has 9 aromatic carbocycles. The second-order valence-corrected chi connectivity index (χ2v) is 17.3. The molecule has 0 spiro atoms. The summed E-state index contributed by atoms with van der Waals surface area (Å²) in [5, 5.41) is 5.11. The molecule has 0 saturated heterocycles. The van der Waals surface area contributed by atoms with Crippen LogP contribution in [0.1, 0.15) is 23.6 Å². The summed E-state index contributed by atoms with van der Waals surface area (Å²) < 4.78 is 2.67. The summed E-state index contributed by atoms with van der Waals surface area (Å²) in [5.74, 6) is 0.712. The fourth-order valence-electron chi connectivity index (χ4n) is 9.69. The van der Waals surface area contributed by atoms with Gasteiger partial charge in [0.15, 0.2) is 5.82 Å². The van der Waals surface area contributed by atoms with Crippen molar-refractivity contribution in [3.8, 4) is 67.3 Å². The van der Waals surface area contributed by atoms with Crippen LogP contribution in [0.3, 0.4) is 0 Å². The predicted octanol–water partition coefficient (Wildman–Crippen LogP) is 15.7. The molecule has 0 bridgehead atoms. The number of rotatable bonds is 6. The molecule has 0 saturated carbocycles. The molecule has 0 aliphatic heterocycles. The summed E-state index contributed by atoms with van der Waals surface area (Å²) in [4.78, 5) is 10.5. The van der Waals surface area contributed by atoms with Gasteiger partial charge in [-0.2, -0.15) is 0 Å². The molecule has 1 unspecified atom stereocenters. The Kier molecular flexibility index (Phi) is 8.19. The van der Waals surface area contributed by atoms with Crippen LogP contribution in [-0.4, -0.2) is 9.97 Å². The first-order valence-electron chi connectivity index (χ1n) is 20.9. The summed E-state index contributed by atoms with van der Waals surface area (Å²) in [5.41, 5.74) is 15.9. The number of aromatic nitrogens is 2. The number of hydrogen-bond acceptors (Lipinski definition) is 3. The van der Waals surface area contributed by atoms with Gasteiger partial charge in [-0.15, -0.1) is 11.3 Å². The Morgan fingerprint density at radius 2 is 0.984 bits per heavy atom. The molecule has 11 aromatic rings. The third-order valence-corrected chi connectivity index (χ3v) is 14.0. The molecule has 1 atom stereocenters. The van der Waals surface area contributed by atoms with E-state index >= 15 is 0 Å². The van der Waals surface area contributed by atoms with Crippen molar-refractivity contribution >= 4 is 42.3 Å². The van der Waals surface area contributed by atoms with Gasteiger partial charge in [-0.1, -0.05) is 188 Å². The molecule has 0 amide bonds. The van der Waals surface area contributed by atoms with Crippen molar-refractivity contribution in [1.82, 2.24) is 9.97 Å². The quantitative estimate of drug-likeness (QED) is 0.168. The maximum absolute atomic E-state index is 5.30. The lowest BCUT2D eigenvalue weighted by molar-refractivity contribution is 0.714. The van der Waals surface area contributed by atoms with Crippen molar-refractivity contribution in [2.75, 3.05) is 0 Å². The molecule has 3 heteroatoms. The minimum absolute atomic E-state index is 0.295. The number of thiophene rings is 1. The van der Waals surface area contributed by atoms with Gasteiger partial charge < -0.3 is 0 Å². The third-order valence-electron chi connectivity index (χ3n) is 12.8. The normalized spacial score (nSPS) is 14.4. The minimum Gasteiger partial charge on any atom is -0.228 e. The Balaban J connectivity index is 0.921. The molecule has 2 aromatic heterocycles. The zero-order valence-electron chi connectivity index (χ0n) is 33.5. The Bertz CT molecular complexity index is 3480. The number of nitrogens with zero attached hydrogens (tertiary/aromatic N) is 2. The Labute approximate surface area is 359 Å². The minimum atomic E-state index is -0.295. The Morgan fingerprint density at radius 1 is 0.393 bits per heavy atom. The first-order chi connectivity index (χ1) is 30.1. The summed E-state index contributed by atoms with van der Waals surface area (Å²) in [6, 6.07) is 76.9. The molecule has 0 N–H and O–H groups in total. The van der Waals surface area contributed by atoms with Crippen molar-refractivity contribution in [2.24, 2.45) is 0 Å². The Hall–Kier alpha value is -7.46. The summed E-state index contributed by atoms with van der Waals surface area (Å²) in [7, 11) is 0. The molecule has 1 aliphatic carbocycles. The lowest BCUT2D eigenvalue weighted by atomic mass is 9.74.